The minimum Gasteiger partial charge on any atom is -0.462 e. The summed E-state index contributed by atoms with van der Waals surface area (Å²) in [5.41, 5.74) is 0.330. The maximum atomic E-state index is 12.6. The van der Waals surface area contributed by atoms with Crippen LogP contribution in [0, 0.1) is 6.92 Å². The van der Waals surface area contributed by atoms with Gasteiger partial charge in [0.05, 0.1) is 17.2 Å². The first kappa shape index (κ1) is 18.2. The van der Waals surface area contributed by atoms with Crippen molar-refractivity contribution in [3.63, 3.8) is 0 Å². The molecule has 3 aromatic heterocycles. The maximum absolute atomic E-state index is 12.6. The van der Waals surface area contributed by atoms with Gasteiger partial charge in [0.1, 0.15) is 15.5 Å². The molecule has 0 unspecified atom stereocenters. The highest BCUT2D eigenvalue weighted by atomic mass is 32.2. The average Bonchev–Trinajstić information content (AvgIpc) is 3.28. The van der Waals surface area contributed by atoms with Crippen molar-refractivity contribution in [1.82, 2.24) is 20.2 Å². The molecule has 0 bridgehead atoms. The second-order valence-electron chi connectivity index (χ2n) is 6.35. The highest BCUT2D eigenvalue weighted by molar-refractivity contribution is 7.99. The van der Waals surface area contributed by atoms with Gasteiger partial charge in [-0.3, -0.25) is 4.79 Å². The second-order valence-corrected chi connectivity index (χ2v) is 8.64. The lowest BCUT2D eigenvalue weighted by Gasteiger charge is -2.07. The Bertz CT molecular complexity index is 1070. The van der Waals surface area contributed by atoms with E-state index in [1.807, 2.05) is 6.92 Å². The highest BCUT2D eigenvalue weighted by Gasteiger charge is 2.30. The van der Waals surface area contributed by atoms with Crippen LogP contribution in [0.3, 0.4) is 0 Å². The number of aryl methyl sites for hydroxylation is 1. The molecule has 1 aliphatic carbocycles. The van der Waals surface area contributed by atoms with Crippen molar-refractivity contribution in [2.24, 2.45) is 0 Å². The van der Waals surface area contributed by atoms with Crippen LogP contribution in [-0.4, -0.2) is 32.7 Å². The first-order valence-electron chi connectivity index (χ1n) is 8.68. The minimum atomic E-state index is -0.431. The van der Waals surface area contributed by atoms with Crippen molar-refractivity contribution in [3.05, 3.63) is 32.5 Å². The molecule has 10 heteroatoms. The fraction of sp³-hybridized carbons (Fsp3) is 0.471. The van der Waals surface area contributed by atoms with Crippen LogP contribution < -0.4 is 5.56 Å². The number of esters is 1. The molecule has 3 aromatic rings. The number of hydrogen-bond acceptors (Lipinski definition) is 9. The number of rotatable bonds is 6. The molecule has 142 valence electrons. The summed E-state index contributed by atoms with van der Waals surface area (Å²) < 4.78 is 10.7. The smallest absolute Gasteiger partial charge is 0.348 e. The summed E-state index contributed by atoms with van der Waals surface area (Å²) in [4.78, 5) is 33.0. The Labute approximate surface area is 162 Å². The molecule has 1 fully saturated rings. The largest absolute Gasteiger partial charge is 0.462 e. The fourth-order valence-electron chi connectivity index (χ4n) is 2.71. The third-order valence-corrected chi connectivity index (χ3v) is 6.40. The van der Waals surface area contributed by atoms with Gasteiger partial charge in [-0.15, -0.1) is 21.5 Å². The number of thiophene rings is 1. The van der Waals surface area contributed by atoms with Gasteiger partial charge >= 0.3 is 5.97 Å². The van der Waals surface area contributed by atoms with E-state index in [1.165, 1.54) is 23.1 Å². The minimum absolute atomic E-state index is 0.192. The maximum Gasteiger partial charge on any atom is 0.348 e. The van der Waals surface area contributed by atoms with Crippen molar-refractivity contribution in [1.29, 1.82) is 0 Å². The zero-order valence-corrected chi connectivity index (χ0v) is 16.7. The number of ether oxygens (including phenoxy) is 1. The van der Waals surface area contributed by atoms with Crippen LogP contribution in [0.4, 0.5) is 0 Å². The van der Waals surface area contributed by atoms with Crippen LogP contribution in [0.1, 0.15) is 64.8 Å². The van der Waals surface area contributed by atoms with Crippen molar-refractivity contribution in [3.8, 4) is 0 Å². The van der Waals surface area contributed by atoms with Crippen LogP contribution in [0.5, 0.6) is 0 Å². The monoisotopic (exact) mass is 406 g/mol. The molecule has 0 aromatic carbocycles. The summed E-state index contributed by atoms with van der Waals surface area (Å²) in [6.07, 6.45) is 2.18. The van der Waals surface area contributed by atoms with Gasteiger partial charge in [0, 0.05) is 5.92 Å². The highest BCUT2D eigenvalue weighted by Crippen LogP contribution is 2.41. The van der Waals surface area contributed by atoms with E-state index in [2.05, 4.69) is 20.2 Å². The third kappa shape index (κ3) is 3.51. The van der Waals surface area contributed by atoms with Crippen molar-refractivity contribution in [2.45, 2.75) is 50.0 Å². The first-order valence-corrected chi connectivity index (χ1v) is 10.4. The Morgan fingerprint density at radius 3 is 2.93 bits per heavy atom. The molecule has 0 amide bonds. The van der Waals surface area contributed by atoms with E-state index in [-0.39, 0.29) is 17.4 Å². The zero-order valence-electron chi connectivity index (χ0n) is 15.1. The third-order valence-electron chi connectivity index (χ3n) is 4.29. The predicted octanol–water partition coefficient (Wildman–Crippen LogP) is 3.58. The van der Waals surface area contributed by atoms with Crippen molar-refractivity contribution < 1.29 is 13.9 Å². The second kappa shape index (κ2) is 7.08. The summed E-state index contributed by atoms with van der Waals surface area (Å²) in [6, 6.07) is 0. The molecule has 0 saturated heterocycles. The number of carbonyl (C=O) groups is 1. The number of thioether (sulfide) groups is 1. The summed E-state index contributed by atoms with van der Waals surface area (Å²) in [7, 11) is 0. The van der Waals surface area contributed by atoms with Gasteiger partial charge < -0.3 is 14.1 Å². The van der Waals surface area contributed by atoms with Gasteiger partial charge in [0.2, 0.25) is 5.89 Å². The Morgan fingerprint density at radius 2 is 2.22 bits per heavy atom. The SMILES string of the molecule is CCOC(=O)c1sc2nc([C@H](C)Sc3nnc(C4CC4)o3)[nH]c(=O)c2c1C. The number of carbonyl (C=O) groups excluding carboxylic acids is 1. The van der Waals surface area contributed by atoms with E-state index in [9.17, 15) is 9.59 Å². The van der Waals surface area contributed by atoms with Gasteiger partial charge in [0.15, 0.2) is 0 Å². The Kier molecular flexibility index (Phi) is 4.77. The average molecular weight is 406 g/mol. The van der Waals surface area contributed by atoms with Crippen LogP contribution in [0.2, 0.25) is 0 Å². The number of aromatic amines is 1. The van der Waals surface area contributed by atoms with Crippen molar-refractivity contribution >= 4 is 39.3 Å². The van der Waals surface area contributed by atoms with Gasteiger partial charge in [-0.1, -0.05) is 11.8 Å². The molecule has 3 heterocycles. The van der Waals surface area contributed by atoms with Gasteiger partial charge in [-0.05, 0) is 39.2 Å². The molecule has 1 N–H and O–H groups in total. The standard InChI is InChI=1S/C17H18N4O4S2/c1-4-24-16(23)11-7(2)10-13(22)18-12(19-15(10)27-11)8(3)26-17-21-20-14(25-17)9-5-6-9/h8-9H,4-6H2,1-3H3,(H,18,19,22)/t8-/m0/s1. The summed E-state index contributed by atoms with van der Waals surface area (Å²) in [6.45, 7) is 5.66. The molecular formula is C17H18N4O4S2. The predicted molar refractivity (Wildman–Crippen MR) is 101 cm³/mol. The molecule has 1 aliphatic rings. The van der Waals surface area contributed by atoms with E-state index in [0.29, 0.717) is 43.5 Å². The lowest BCUT2D eigenvalue weighted by molar-refractivity contribution is 0.0531. The van der Waals surface area contributed by atoms with Crippen molar-refractivity contribution in [2.75, 3.05) is 6.61 Å². The number of hydrogen-bond donors (Lipinski definition) is 1. The van der Waals surface area contributed by atoms with Gasteiger partial charge in [-0.25, -0.2) is 9.78 Å². The topological polar surface area (TPSA) is 111 Å². The molecular weight excluding hydrogens is 388 g/mol. The van der Waals surface area contributed by atoms with Crippen LogP contribution in [0.15, 0.2) is 14.4 Å². The molecule has 8 nitrogen and oxygen atoms in total. The lowest BCUT2D eigenvalue weighted by Crippen LogP contribution is -2.12. The van der Waals surface area contributed by atoms with Crippen LogP contribution in [0.25, 0.3) is 10.2 Å². The van der Waals surface area contributed by atoms with E-state index in [4.69, 9.17) is 9.15 Å². The zero-order chi connectivity index (χ0) is 19.1. The Morgan fingerprint density at radius 1 is 1.44 bits per heavy atom. The molecule has 1 atom stereocenters. The summed E-state index contributed by atoms with van der Waals surface area (Å²) in [5, 5.41) is 8.82. The van der Waals surface area contributed by atoms with E-state index in [0.717, 1.165) is 12.8 Å². The summed E-state index contributed by atoms with van der Waals surface area (Å²) in [5.74, 6) is 1.14. The quantitative estimate of drug-likeness (QED) is 0.488. The van der Waals surface area contributed by atoms with Gasteiger partial charge in [-0.2, -0.15) is 0 Å². The Balaban J connectivity index is 1.63. The Hall–Kier alpha value is -2.20. The first-order chi connectivity index (χ1) is 13.0. The lowest BCUT2D eigenvalue weighted by atomic mass is 10.2. The van der Waals surface area contributed by atoms with E-state index < -0.39 is 5.97 Å². The number of nitrogens with one attached hydrogen (secondary N) is 1. The normalized spacial score (nSPS) is 15.2. The van der Waals surface area contributed by atoms with Crippen LogP contribution in [-0.2, 0) is 4.74 Å². The van der Waals surface area contributed by atoms with E-state index in [1.54, 1.807) is 13.8 Å². The van der Waals surface area contributed by atoms with Gasteiger partial charge in [0.25, 0.3) is 10.8 Å². The molecule has 27 heavy (non-hydrogen) atoms. The molecule has 0 aliphatic heterocycles. The summed E-state index contributed by atoms with van der Waals surface area (Å²) >= 11 is 2.52. The molecule has 0 spiro atoms. The molecule has 0 radical (unpaired) electrons. The fourth-order valence-corrected chi connectivity index (χ4v) is 4.54. The number of nitrogens with zero attached hydrogens (tertiary/aromatic N) is 3. The van der Waals surface area contributed by atoms with E-state index >= 15 is 0 Å². The number of fused-ring (bicyclic) bond motifs is 1. The number of H-pyrrole nitrogens is 1. The molecule has 1 saturated carbocycles. The number of aromatic nitrogens is 4. The molecule has 4 rings (SSSR count). The van der Waals surface area contributed by atoms with Crippen LogP contribution >= 0.6 is 23.1 Å².